The molecule has 0 saturated heterocycles. The molecule has 1 aliphatic rings. The smallest absolute Gasteiger partial charge is 0.231 e. The fourth-order valence-electron chi connectivity index (χ4n) is 2.61. The quantitative estimate of drug-likeness (QED) is 0.572. The van der Waals surface area contributed by atoms with Crippen molar-refractivity contribution in [2.45, 2.75) is 52.4 Å². The molecule has 0 aromatic carbocycles. The zero-order chi connectivity index (χ0) is 19.5. The third-order valence-corrected chi connectivity index (χ3v) is 6.08. The van der Waals surface area contributed by atoms with Crippen molar-refractivity contribution in [1.82, 2.24) is 10.6 Å². The van der Waals surface area contributed by atoms with Crippen molar-refractivity contribution in [2.24, 2.45) is 0 Å². The van der Waals surface area contributed by atoms with Gasteiger partial charge in [0.05, 0.1) is 12.8 Å². The van der Waals surface area contributed by atoms with Gasteiger partial charge >= 0.3 is 0 Å². The summed E-state index contributed by atoms with van der Waals surface area (Å²) < 4.78 is 0. The first kappa shape index (κ1) is 22.1. The number of rotatable bonds is 9. The second kappa shape index (κ2) is 11.6. The molecule has 0 fully saturated rings. The van der Waals surface area contributed by atoms with Crippen LogP contribution in [0.4, 0.5) is 0 Å². The summed E-state index contributed by atoms with van der Waals surface area (Å²) in [4.78, 5) is 57.7. The van der Waals surface area contributed by atoms with Crippen LogP contribution in [0.1, 0.15) is 52.4 Å². The van der Waals surface area contributed by atoms with Gasteiger partial charge in [-0.1, -0.05) is 6.08 Å². The molecule has 0 saturated carbocycles. The molecule has 0 unspecified atom stereocenters. The van der Waals surface area contributed by atoms with Crippen molar-refractivity contribution in [3.8, 4) is 0 Å². The van der Waals surface area contributed by atoms with Crippen LogP contribution in [0.3, 0.4) is 0 Å². The van der Waals surface area contributed by atoms with Crippen molar-refractivity contribution in [3.05, 3.63) is 11.6 Å². The van der Waals surface area contributed by atoms with Crippen LogP contribution in [0.5, 0.6) is 0 Å². The van der Waals surface area contributed by atoms with Gasteiger partial charge in [-0.3, -0.25) is 34.6 Å². The molecule has 0 heterocycles. The lowest BCUT2D eigenvalue weighted by Gasteiger charge is -2.13. The molecule has 0 spiro atoms. The average molecular weight is 383 g/mol. The van der Waals surface area contributed by atoms with Crippen LogP contribution >= 0.6 is 0 Å². The van der Waals surface area contributed by atoms with Crippen LogP contribution in [0, 0.1) is 0 Å². The van der Waals surface area contributed by atoms with E-state index in [2.05, 4.69) is 10.6 Å². The Morgan fingerprint density at radius 3 is 1.88 bits per heavy atom. The van der Waals surface area contributed by atoms with E-state index in [1.807, 2.05) is 6.08 Å². The van der Waals surface area contributed by atoms with E-state index < -0.39 is 22.7 Å². The standard InChI is InChI=1S/C18H26N2O5S/c1-13(21)19-17(24)8-10-26(11-9-18(25)20-14(2)22)12-16(23)15-6-4-3-5-7-15/h6H,3-5,7-12H2,1-2H3,(H-,19,20,21,22,24,25)/p+1. The van der Waals surface area contributed by atoms with E-state index in [-0.39, 0.29) is 30.4 Å². The molecule has 0 aromatic heterocycles. The summed E-state index contributed by atoms with van der Waals surface area (Å²) in [6, 6.07) is 0. The van der Waals surface area contributed by atoms with Gasteiger partial charge in [0.1, 0.15) is 11.5 Å². The minimum Gasteiger partial charge on any atom is -0.297 e. The molecular weight excluding hydrogens is 356 g/mol. The zero-order valence-corrected chi connectivity index (χ0v) is 16.2. The summed E-state index contributed by atoms with van der Waals surface area (Å²) in [5.41, 5.74) is 0.843. The average Bonchev–Trinajstić information content (AvgIpc) is 2.56. The molecule has 0 aromatic rings. The van der Waals surface area contributed by atoms with Gasteiger partial charge in [0.25, 0.3) is 0 Å². The van der Waals surface area contributed by atoms with Crippen molar-refractivity contribution in [2.75, 3.05) is 17.3 Å². The van der Waals surface area contributed by atoms with Crippen molar-refractivity contribution in [1.29, 1.82) is 0 Å². The highest BCUT2D eigenvalue weighted by Gasteiger charge is 2.27. The lowest BCUT2D eigenvalue weighted by molar-refractivity contribution is -0.130. The van der Waals surface area contributed by atoms with Gasteiger partial charge < -0.3 is 0 Å². The van der Waals surface area contributed by atoms with Gasteiger partial charge in [-0.25, -0.2) is 0 Å². The summed E-state index contributed by atoms with van der Waals surface area (Å²) in [5, 5.41) is 4.42. The first-order chi connectivity index (χ1) is 12.3. The SMILES string of the molecule is CC(=O)NC(=O)CC[S+](CCC(=O)NC(C)=O)CC(=O)C1=CCCCC1. The van der Waals surface area contributed by atoms with Gasteiger partial charge in [0.15, 0.2) is 5.75 Å². The number of nitrogens with one attached hydrogen (secondary N) is 2. The molecule has 1 aliphatic carbocycles. The number of hydrogen-bond acceptors (Lipinski definition) is 5. The predicted molar refractivity (Wildman–Crippen MR) is 100 cm³/mol. The second-order valence-electron chi connectivity index (χ2n) is 6.27. The highest BCUT2D eigenvalue weighted by Crippen LogP contribution is 2.19. The molecule has 0 bridgehead atoms. The number of carbonyl (C=O) groups is 5. The largest absolute Gasteiger partial charge is 0.297 e. The van der Waals surface area contributed by atoms with Gasteiger partial charge in [0.2, 0.25) is 29.4 Å². The van der Waals surface area contributed by atoms with Gasteiger partial charge in [-0.05, 0) is 42.2 Å². The van der Waals surface area contributed by atoms with E-state index in [4.69, 9.17) is 0 Å². The number of Topliss-reactive ketones (excluding diaryl/α,β-unsaturated/α-hetero) is 1. The van der Waals surface area contributed by atoms with Crippen LogP contribution in [0.15, 0.2) is 11.6 Å². The maximum absolute atomic E-state index is 12.5. The highest BCUT2D eigenvalue weighted by molar-refractivity contribution is 7.97. The first-order valence-corrected chi connectivity index (χ1v) is 10.5. The lowest BCUT2D eigenvalue weighted by Crippen LogP contribution is -2.34. The van der Waals surface area contributed by atoms with Crippen molar-refractivity contribution < 1.29 is 24.0 Å². The van der Waals surface area contributed by atoms with E-state index in [9.17, 15) is 24.0 Å². The summed E-state index contributed by atoms with van der Waals surface area (Å²) in [5.74, 6) is -0.353. The molecule has 4 amide bonds. The van der Waals surface area contributed by atoms with Crippen LogP contribution in [-0.2, 0) is 34.9 Å². The van der Waals surface area contributed by atoms with Gasteiger partial charge in [-0.2, -0.15) is 0 Å². The third kappa shape index (κ3) is 9.50. The second-order valence-corrected chi connectivity index (χ2v) is 8.60. The maximum Gasteiger partial charge on any atom is 0.231 e. The van der Waals surface area contributed by atoms with Gasteiger partial charge in [0, 0.05) is 13.8 Å². The maximum atomic E-state index is 12.5. The zero-order valence-electron chi connectivity index (χ0n) is 15.4. The molecule has 2 N–H and O–H groups in total. The monoisotopic (exact) mass is 383 g/mol. The number of imide groups is 2. The molecule has 144 valence electrons. The third-order valence-electron chi connectivity index (χ3n) is 3.85. The van der Waals surface area contributed by atoms with E-state index in [0.717, 1.165) is 31.3 Å². The molecule has 0 aliphatic heterocycles. The molecule has 1 rings (SSSR count). The number of allylic oxidation sites excluding steroid dienone is 2. The number of ketones is 1. The fourth-order valence-corrected chi connectivity index (χ4v) is 4.60. The Morgan fingerprint density at radius 1 is 0.923 bits per heavy atom. The molecule has 8 heteroatoms. The van der Waals surface area contributed by atoms with E-state index in [1.165, 1.54) is 13.8 Å². The fraction of sp³-hybridized carbons (Fsp3) is 0.611. The Balaban J connectivity index is 2.61. The van der Waals surface area contributed by atoms with Crippen molar-refractivity contribution >= 4 is 40.3 Å². The number of carbonyl (C=O) groups excluding carboxylic acids is 5. The van der Waals surface area contributed by atoms with E-state index in [0.29, 0.717) is 17.3 Å². The van der Waals surface area contributed by atoms with Crippen LogP contribution in [-0.4, -0.2) is 46.7 Å². The Kier molecular flexibility index (Phi) is 9.87. The lowest BCUT2D eigenvalue weighted by atomic mass is 9.97. The molecule has 26 heavy (non-hydrogen) atoms. The summed E-state index contributed by atoms with van der Waals surface area (Å²) >= 11 is 0. The predicted octanol–water partition coefficient (Wildman–Crippen LogP) is 0.780. The first-order valence-electron chi connectivity index (χ1n) is 8.75. The topological polar surface area (TPSA) is 109 Å². The molecule has 0 radical (unpaired) electrons. The number of amides is 4. The molecular formula is C18H27N2O5S+. The van der Waals surface area contributed by atoms with Crippen LogP contribution in [0.25, 0.3) is 0 Å². The summed E-state index contributed by atoms with van der Waals surface area (Å²) in [6.07, 6.45) is 6.04. The Labute approximate surface area is 156 Å². The normalized spacial score (nSPS) is 13.7. The van der Waals surface area contributed by atoms with E-state index in [1.54, 1.807) is 0 Å². The minimum atomic E-state index is -0.462. The Morgan fingerprint density at radius 2 is 1.46 bits per heavy atom. The Bertz CT molecular complexity index is 568. The van der Waals surface area contributed by atoms with Crippen LogP contribution < -0.4 is 10.6 Å². The highest BCUT2D eigenvalue weighted by atomic mass is 32.2. The minimum absolute atomic E-state index is 0.0759. The Hall–Kier alpha value is -1.96. The summed E-state index contributed by atoms with van der Waals surface area (Å²) in [6.45, 7) is 2.53. The van der Waals surface area contributed by atoms with Crippen LogP contribution in [0.2, 0.25) is 0 Å². The van der Waals surface area contributed by atoms with Crippen molar-refractivity contribution in [3.63, 3.8) is 0 Å². The van der Waals surface area contributed by atoms with Gasteiger partial charge in [-0.15, -0.1) is 0 Å². The van der Waals surface area contributed by atoms with E-state index >= 15 is 0 Å². The number of hydrogen-bond donors (Lipinski definition) is 2. The molecule has 7 nitrogen and oxygen atoms in total. The summed E-state index contributed by atoms with van der Waals surface area (Å²) in [7, 11) is -0.462. The molecule has 0 atom stereocenters.